The van der Waals surface area contributed by atoms with Crippen LogP contribution < -0.4 is 10.1 Å². The van der Waals surface area contributed by atoms with Crippen molar-refractivity contribution in [2.75, 3.05) is 20.2 Å². The van der Waals surface area contributed by atoms with Crippen LogP contribution in [0.25, 0.3) is 0 Å². The summed E-state index contributed by atoms with van der Waals surface area (Å²) in [6.07, 6.45) is 0. The summed E-state index contributed by atoms with van der Waals surface area (Å²) in [4.78, 5) is 0.161. The average molecular weight is 398 g/mol. The van der Waals surface area contributed by atoms with Gasteiger partial charge < -0.3 is 10.1 Å². The van der Waals surface area contributed by atoms with Crippen molar-refractivity contribution in [2.24, 2.45) is 0 Å². The minimum Gasteiger partial charge on any atom is -0.495 e. The molecule has 2 atom stereocenters. The molecule has 1 aliphatic rings. The largest absolute Gasteiger partial charge is 0.495 e. The predicted octanol–water partition coefficient (Wildman–Crippen LogP) is 2.48. The van der Waals surface area contributed by atoms with Crippen LogP contribution in [0.5, 0.6) is 5.75 Å². The second-order valence-electron chi connectivity index (χ2n) is 5.02. The van der Waals surface area contributed by atoms with Gasteiger partial charge in [0, 0.05) is 29.6 Å². The van der Waals surface area contributed by atoms with Gasteiger partial charge in [0.05, 0.1) is 17.0 Å². The normalized spacial score (nSPS) is 24.0. The van der Waals surface area contributed by atoms with Crippen LogP contribution in [0.3, 0.4) is 0 Å². The first-order valence-electron chi connectivity index (χ1n) is 6.57. The Bertz CT molecular complexity index is 639. The van der Waals surface area contributed by atoms with Crippen LogP contribution in [-0.4, -0.2) is 45.0 Å². The molecule has 8 heteroatoms. The fraction of sp³-hybridized carbons (Fsp3) is 0.538. The molecule has 0 aromatic heterocycles. The lowest BCUT2D eigenvalue weighted by molar-refractivity contribution is 0.232. The first-order valence-corrected chi connectivity index (χ1v) is 9.18. The van der Waals surface area contributed by atoms with Gasteiger partial charge in [-0.3, -0.25) is 0 Å². The second kappa shape index (κ2) is 6.42. The van der Waals surface area contributed by atoms with Crippen molar-refractivity contribution < 1.29 is 13.2 Å². The third-order valence-corrected chi connectivity index (χ3v) is 7.01. The van der Waals surface area contributed by atoms with Gasteiger partial charge >= 0.3 is 0 Å². The predicted molar refractivity (Wildman–Crippen MR) is 86.5 cm³/mol. The third-order valence-electron chi connectivity index (χ3n) is 3.77. The maximum atomic E-state index is 12.9. The van der Waals surface area contributed by atoms with Gasteiger partial charge in [-0.15, -0.1) is 0 Å². The zero-order chi connectivity index (χ0) is 15.8. The highest BCUT2D eigenvalue weighted by atomic mass is 79.9. The average Bonchev–Trinajstić information content (AvgIpc) is 2.43. The van der Waals surface area contributed by atoms with E-state index in [2.05, 4.69) is 21.2 Å². The van der Waals surface area contributed by atoms with Crippen LogP contribution >= 0.6 is 27.5 Å². The highest BCUT2D eigenvalue weighted by Gasteiger charge is 2.35. The molecule has 118 valence electrons. The number of methoxy groups -OCH3 is 1. The van der Waals surface area contributed by atoms with Crippen molar-refractivity contribution in [3.05, 3.63) is 21.6 Å². The summed E-state index contributed by atoms with van der Waals surface area (Å²) in [6, 6.07) is 2.97. The summed E-state index contributed by atoms with van der Waals surface area (Å²) in [5.41, 5.74) is 0. The second-order valence-corrected chi connectivity index (χ2v) is 8.14. The molecule has 1 aromatic rings. The highest BCUT2D eigenvalue weighted by molar-refractivity contribution is 9.10. The van der Waals surface area contributed by atoms with Crippen LogP contribution in [0, 0.1) is 0 Å². The lowest BCUT2D eigenvalue weighted by Crippen LogP contribution is -2.57. The van der Waals surface area contributed by atoms with Crippen molar-refractivity contribution in [1.82, 2.24) is 9.62 Å². The van der Waals surface area contributed by atoms with Crippen molar-refractivity contribution in [3.8, 4) is 5.75 Å². The number of hydrogen-bond donors (Lipinski definition) is 1. The number of hydrogen-bond acceptors (Lipinski definition) is 4. The van der Waals surface area contributed by atoms with Gasteiger partial charge in [0.1, 0.15) is 5.75 Å². The van der Waals surface area contributed by atoms with Crippen LogP contribution in [0.2, 0.25) is 5.02 Å². The molecule has 2 rings (SSSR count). The van der Waals surface area contributed by atoms with Crippen LogP contribution in [0.4, 0.5) is 0 Å². The zero-order valence-electron chi connectivity index (χ0n) is 12.1. The van der Waals surface area contributed by atoms with Crippen molar-refractivity contribution >= 4 is 37.6 Å². The molecule has 21 heavy (non-hydrogen) atoms. The van der Waals surface area contributed by atoms with Crippen LogP contribution in [-0.2, 0) is 10.0 Å². The molecule has 0 radical (unpaired) electrons. The maximum absolute atomic E-state index is 12.9. The summed E-state index contributed by atoms with van der Waals surface area (Å²) in [6.45, 7) is 4.94. The molecule has 1 aromatic carbocycles. The van der Waals surface area contributed by atoms with Crippen molar-refractivity contribution in [1.29, 1.82) is 0 Å². The summed E-state index contributed by atoms with van der Waals surface area (Å²) >= 11 is 9.37. The van der Waals surface area contributed by atoms with E-state index < -0.39 is 10.0 Å². The van der Waals surface area contributed by atoms with E-state index in [-0.39, 0.29) is 22.0 Å². The van der Waals surface area contributed by atoms with Crippen molar-refractivity contribution in [2.45, 2.75) is 30.8 Å². The molecule has 1 N–H and O–H groups in total. The van der Waals surface area contributed by atoms with E-state index in [9.17, 15) is 8.42 Å². The molecule has 1 aliphatic heterocycles. The summed E-state index contributed by atoms with van der Waals surface area (Å²) in [5, 5.41) is 3.54. The SMILES string of the molecule is COc1cc(Br)c(S(=O)(=O)N2CCNC(C)C2C)cc1Cl. The molecule has 0 bridgehead atoms. The monoisotopic (exact) mass is 396 g/mol. The summed E-state index contributed by atoms with van der Waals surface area (Å²) in [5.74, 6) is 0.434. The summed E-state index contributed by atoms with van der Waals surface area (Å²) < 4.78 is 32.8. The number of rotatable bonds is 3. The Kier molecular flexibility index (Phi) is 5.20. The van der Waals surface area contributed by atoms with Gasteiger partial charge in [-0.1, -0.05) is 11.6 Å². The number of nitrogens with zero attached hydrogens (tertiary/aromatic N) is 1. The standard InChI is InChI=1S/C13H18BrClN2O3S/c1-8-9(2)17(5-4-16-8)21(18,19)13-7-11(15)12(20-3)6-10(13)14/h6-9,16H,4-5H2,1-3H3. The highest BCUT2D eigenvalue weighted by Crippen LogP contribution is 2.35. The van der Waals surface area contributed by atoms with Gasteiger partial charge in [-0.05, 0) is 41.9 Å². The molecular weight excluding hydrogens is 380 g/mol. The molecular formula is C13H18BrClN2O3S. The van der Waals surface area contributed by atoms with E-state index in [1.165, 1.54) is 17.5 Å². The topological polar surface area (TPSA) is 58.6 Å². The quantitative estimate of drug-likeness (QED) is 0.851. The summed E-state index contributed by atoms with van der Waals surface area (Å²) in [7, 11) is -2.13. The molecule has 0 saturated carbocycles. The fourth-order valence-corrected chi connectivity index (χ4v) is 5.37. The minimum atomic E-state index is -3.62. The number of piperazine rings is 1. The molecule has 1 fully saturated rings. The van der Waals surface area contributed by atoms with Crippen molar-refractivity contribution in [3.63, 3.8) is 0 Å². The van der Waals surface area contributed by atoms with Crippen LogP contribution in [0.15, 0.2) is 21.5 Å². The first kappa shape index (κ1) is 17.0. The molecule has 0 amide bonds. The zero-order valence-corrected chi connectivity index (χ0v) is 15.2. The third kappa shape index (κ3) is 3.22. The molecule has 1 heterocycles. The molecule has 5 nitrogen and oxygen atoms in total. The van der Waals surface area contributed by atoms with E-state index >= 15 is 0 Å². The Morgan fingerprint density at radius 2 is 2.10 bits per heavy atom. The number of sulfonamides is 1. The van der Waals surface area contributed by atoms with E-state index in [1.807, 2.05) is 13.8 Å². The van der Waals surface area contributed by atoms with E-state index in [4.69, 9.17) is 16.3 Å². The van der Waals surface area contributed by atoms with Gasteiger partial charge in [-0.25, -0.2) is 8.42 Å². The van der Waals surface area contributed by atoms with E-state index in [0.29, 0.717) is 23.3 Å². The number of benzene rings is 1. The van der Waals surface area contributed by atoms with E-state index in [1.54, 1.807) is 6.07 Å². The fourth-order valence-electron chi connectivity index (χ4n) is 2.36. The Hall–Kier alpha value is -0.340. The molecule has 0 spiro atoms. The van der Waals surface area contributed by atoms with Gasteiger partial charge in [-0.2, -0.15) is 4.31 Å². The lowest BCUT2D eigenvalue weighted by atomic mass is 10.1. The molecule has 1 saturated heterocycles. The Morgan fingerprint density at radius 1 is 1.43 bits per heavy atom. The smallest absolute Gasteiger partial charge is 0.244 e. The Morgan fingerprint density at radius 3 is 2.71 bits per heavy atom. The van der Waals surface area contributed by atoms with Gasteiger partial charge in [0.15, 0.2) is 0 Å². The number of halogens is 2. The Balaban J connectivity index is 2.47. The molecule has 0 aliphatic carbocycles. The number of nitrogens with one attached hydrogen (secondary N) is 1. The van der Waals surface area contributed by atoms with Crippen LogP contribution in [0.1, 0.15) is 13.8 Å². The Labute approximate surface area is 138 Å². The minimum absolute atomic E-state index is 0.0982. The van der Waals surface area contributed by atoms with E-state index in [0.717, 1.165) is 0 Å². The van der Waals surface area contributed by atoms with Gasteiger partial charge in [0.2, 0.25) is 10.0 Å². The number of ether oxygens (including phenoxy) is 1. The lowest BCUT2D eigenvalue weighted by Gasteiger charge is -2.37. The molecule has 2 unspecified atom stereocenters. The maximum Gasteiger partial charge on any atom is 0.244 e. The first-order chi connectivity index (χ1) is 9.78. The van der Waals surface area contributed by atoms with Gasteiger partial charge in [0.25, 0.3) is 0 Å².